The van der Waals surface area contributed by atoms with Crippen LogP contribution in [0, 0.1) is 24.0 Å². The Hall–Kier alpha value is -6.86. The second-order valence-electron chi connectivity index (χ2n) is 25.4. The van der Waals surface area contributed by atoms with Gasteiger partial charge in [-0.2, -0.15) is 9.97 Å². The van der Waals surface area contributed by atoms with Gasteiger partial charge in [-0.15, -0.1) is 11.3 Å². The minimum atomic E-state index is -1.02. The number of carbonyl (C=O) groups is 5. The lowest BCUT2D eigenvalue weighted by Crippen LogP contribution is -2.57. The largest absolute Gasteiger partial charge is 0.465 e. The van der Waals surface area contributed by atoms with Gasteiger partial charge < -0.3 is 45.0 Å². The number of piperazine rings is 1. The highest BCUT2D eigenvalue weighted by molar-refractivity contribution is 7.22. The van der Waals surface area contributed by atoms with E-state index in [-0.39, 0.29) is 118 Å². The van der Waals surface area contributed by atoms with Crippen LogP contribution in [-0.2, 0) is 19.1 Å². The van der Waals surface area contributed by atoms with E-state index in [1.807, 2.05) is 69.3 Å². The van der Waals surface area contributed by atoms with Crippen molar-refractivity contribution in [1.29, 1.82) is 0 Å². The third-order valence-electron chi connectivity index (χ3n) is 16.8. The fourth-order valence-electron chi connectivity index (χ4n) is 12.4. The van der Waals surface area contributed by atoms with Crippen LogP contribution in [-0.4, -0.2) is 156 Å². The number of likely N-dealkylation sites (tertiary alicyclic amines) is 3. The van der Waals surface area contributed by atoms with E-state index in [4.69, 9.17) is 26.1 Å². The molecule has 6 aromatic rings. The van der Waals surface area contributed by atoms with Crippen molar-refractivity contribution >= 4 is 96.3 Å². The van der Waals surface area contributed by atoms with Crippen molar-refractivity contribution in [2.24, 2.45) is 5.41 Å². The van der Waals surface area contributed by atoms with Crippen molar-refractivity contribution in [3.63, 3.8) is 0 Å². The van der Waals surface area contributed by atoms with E-state index < -0.39 is 58.9 Å². The number of benzene rings is 3. The van der Waals surface area contributed by atoms with Crippen molar-refractivity contribution < 1.29 is 52.4 Å². The summed E-state index contributed by atoms with van der Waals surface area (Å²) in [6.07, 6.45) is 3.79. The summed E-state index contributed by atoms with van der Waals surface area (Å²) in [6.45, 7) is 16.8. The van der Waals surface area contributed by atoms with Gasteiger partial charge in [0.25, 0.3) is 0 Å². The first kappa shape index (κ1) is 63.2. The molecule has 0 saturated carbocycles. The number of unbranched alkanes of at least 4 members (excludes halogenated alkanes) is 3. The molecule has 0 spiro atoms. The predicted octanol–water partition coefficient (Wildman–Crippen LogP) is 11.1. The van der Waals surface area contributed by atoms with Crippen LogP contribution in [0.3, 0.4) is 0 Å². The number of aryl methyl sites for hydroxylation is 1. The van der Waals surface area contributed by atoms with Gasteiger partial charge in [0.05, 0.1) is 43.5 Å². The number of β-amino-alcohol motifs (C(OH)–C–C–N with tert-alkyl or cyclic N) is 1. The molecule has 87 heavy (non-hydrogen) atoms. The van der Waals surface area contributed by atoms with Crippen molar-refractivity contribution in [1.82, 2.24) is 45.3 Å². The second kappa shape index (κ2) is 26.1. The number of nitrogens with one attached hydrogen (secondary N) is 3. The van der Waals surface area contributed by atoms with Crippen molar-refractivity contribution in [2.45, 2.75) is 168 Å². The third kappa shape index (κ3) is 14.2. The zero-order chi connectivity index (χ0) is 62.2. The number of hydrogen-bond acceptors (Lipinski definition) is 16. The Morgan fingerprint density at radius 2 is 1.62 bits per heavy atom. The number of carboxylic acid groups (broad SMARTS) is 1. The number of hydrogen-bond donors (Lipinski definition) is 5. The predicted molar refractivity (Wildman–Crippen MR) is 331 cm³/mol. The van der Waals surface area contributed by atoms with E-state index in [9.17, 15) is 34.2 Å². The highest BCUT2D eigenvalue weighted by Crippen LogP contribution is 2.45. The summed E-state index contributed by atoms with van der Waals surface area (Å²) in [6, 6.07) is 9.26. The topological polar surface area (TPSA) is 245 Å². The Kier molecular flexibility index (Phi) is 18.9. The van der Waals surface area contributed by atoms with Crippen LogP contribution in [0.15, 0.2) is 48.0 Å². The number of amides is 5. The van der Waals surface area contributed by atoms with Gasteiger partial charge in [-0.3, -0.25) is 24.6 Å². The zero-order valence-electron chi connectivity index (χ0n) is 50.3. The summed E-state index contributed by atoms with van der Waals surface area (Å²) >= 11 is 9.45. The molecule has 2 bridgehead atoms. The Morgan fingerprint density at radius 1 is 0.897 bits per heavy atom. The van der Waals surface area contributed by atoms with E-state index in [0.717, 1.165) is 78.2 Å². The molecule has 0 radical (unpaired) electrons. The average molecular weight is 1260 g/mol. The highest BCUT2D eigenvalue weighted by atomic mass is 35.5. The number of anilines is 2. The first-order chi connectivity index (χ1) is 41.3. The molecule has 10 rings (SSSR count). The molecule has 7 heterocycles. The van der Waals surface area contributed by atoms with Gasteiger partial charge in [-0.1, -0.05) is 80.8 Å². The van der Waals surface area contributed by atoms with Gasteiger partial charge >= 0.3 is 18.2 Å². The Balaban J connectivity index is 0.762. The van der Waals surface area contributed by atoms with E-state index in [1.165, 1.54) is 21.9 Å². The lowest BCUT2D eigenvalue weighted by Gasteiger charge is -2.41. The summed E-state index contributed by atoms with van der Waals surface area (Å²) in [5.41, 5.74) is 3.22. The molecule has 4 unspecified atom stereocenters. The normalized spacial score (nSPS) is 20.5. The van der Waals surface area contributed by atoms with E-state index >= 15 is 8.78 Å². The van der Waals surface area contributed by atoms with E-state index in [0.29, 0.717) is 30.5 Å². The third-order valence-corrected chi connectivity index (χ3v) is 19.0. The monoisotopic (exact) mass is 1260 g/mol. The SMILES string of the molecule is Cc1ncsc1-c1ccc([C@H](C)NC(=O)[C@@H]2C[C@@H](O)CN2C(=O)C(NC(=O)CCCCCCN2CCCC2COc2nc(N3C4CCC3CN(C(=O)O)C4)c3cc(Cl)c(-c4ccc(F)c5sc(NC(=O)OC(C)(C)C)nc45)c(F)c3n2)C(C)(C)C)cc1. The summed E-state index contributed by atoms with van der Waals surface area (Å²) in [5.74, 6) is -2.15. The lowest BCUT2D eigenvalue weighted by molar-refractivity contribution is -0.144. The molecule has 4 aliphatic heterocycles. The number of rotatable bonds is 19. The molecule has 4 saturated heterocycles. The minimum Gasteiger partial charge on any atom is -0.465 e. The number of aliphatic hydroxyl groups excluding tert-OH is 1. The number of nitrogens with zero attached hydrogens (tertiary/aromatic N) is 8. The standard InChI is InChI=1S/C62H76ClF2N11O9S2/c1-33(35-16-18-36(19-17-35)51-34(2)66-32-86-51)67-55(79)45-26-40(77)30-75(45)56(80)53(61(3,4)5)68-46(78)15-11-9-10-12-24-73-25-13-14-39(73)31-84-57-69-49-42(54(71-57)76-37-20-21-38(76)29-74(28-37)60(82)83)27-43(63)47(48(49)65)41-22-23-44(64)52-50(41)70-58(87-52)72-59(81)85-62(6,7)8/h16-19,22-23,27,32-33,37-40,45,53,77H,9-15,20-21,24-26,28-31H2,1-8H3,(H,67,79)(H,68,78)(H,82,83)(H,70,72,81)/t33-,37?,38?,39?,40+,45-,53?/m0/s1. The van der Waals surface area contributed by atoms with E-state index in [2.05, 4.69) is 35.8 Å². The Morgan fingerprint density at radius 3 is 2.30 bits per heavy atom. The lowest BCUT2D eigenvalue weighted by atomic mass is 9.85. The first-order valence-corrected chi connectivity index (χ1v) is 31.9. The summed E-state index contributed by atoms with van der Waals surface area (Å²) in [4.78, 5) is 93.2. The summed E-state index contributed by atoms with van der Waals surface area (Å²) < 4.78 is 44.9. The van der Waals surface area contributed by atoms with Crippen molar-refractivity contribution in [3.05, 3.63) is 75.9 Å². The average Bonchev–Trinajstić information content (AvgIpc) is 1.75. The minimum absolute atomic E-state index is 0.00522. The molecular weight excluding hydrogens is 1180 g/mol. The van der Waals surface area contributed by atoms with Crippen LogP contribution in [0.1, 0.15) is 130 Å². The smallest absolute Gasteiger partial charge is 0.413 e. The van der Waals surface area contributed by atoms with Crippen molar-refractivity contribution in [3.8, 4) is 27.6 Å². The molecule has 4 aliphatic rings. The molecule has 3 aromatic heterocycles. The highest BCUT2D eigenvalue weighted by Gasteiger charge is 2.46. The Labute approximate surface area is 517 Å². The quantitative estimate of drug-likeness (QED) is 0.0474. The summed E-state index contributed by atoms with van der Waals surface area (Å²) in [7, 11) is 0. The van der Waals surface area contributed by atoms with E-state index in [1.54, 1.807) is 38.2 Å². The molecule has 5 amide bonds. The summed E-state index contributed by atoms with van der Waals surface area (Å²) in [5, 5.41) is 29.6. The molecule has 3 aromatic carbocycles. The van der Waals surface area contributed by atoms with Crippen LogP contribution in [0.5, 0.6) is 6.01 Å². The van der Waals surface area contributed by atoms with Gasteiger partial charge in [0, 0.05) is 67.1 Å². The van der Waals surface area contributed by atoms with Gasteiger partial charge in [-0.05, 0) is 121 Å². The maximum atomic E-state index is 17.6. The van der Waals surface area contributed by atoms with Crippen LogP contribution >= 0.6 is 34.3 Å². The number of aromatic nitrogens is 4. The van der Waals surface area contributed by atoms with Gasteiger partial charge in [-0.25, -0.2) is 28.3 Å². The number of thiazole rings is 2. The molecule has 7 atom stereocenters. The number of fused-ring (bicyclic) bond motifs is 4. The number of aliphatic hydroxyl groups is 1. The first-order valence-electron chi connectivity index (χ1n) is 29.8. The van der Waals surface area contributed by atoms with Crippen LogP contribution < -0.4 is 25.6 Å². The fraction of sp³-hybridized carbons (Fsp3) is 0.532. The van der Waals surface area contributed by atoms with Crippen LogP contribution in [0.2, 0.25) is 5.02 Å². The van der Waals surface area contributed by atoms with Gasteiger partial charge in [0.1, 0.15) is 41.4 Å². The number of carbonyl (C=O) groups excluding carboxylic acids is 4. The zero-order valence-corrected chi connectivity index (χ0v) is 52.6. The molecule has 25 heteroatoms. The fourth-order valence-corrected chi connectivity index (χ4v) is 14.4. The number of ether oxygens (including phenoxy) is 2. The molecule has 20 nitrogen and oxygen atoms in total. The van der Waals surface area contributed by atoms with Gasteiger partial charge in [0.15, 0.2) is 10.9 Å². The van der Waals surface area contributed by atoms with Crippen LogP contribution in [0.4, 0.5) is 29.3 Å². The molecule has 0 aliphatic carbocycles. The molecule has 4 fully saturated rings. The Bertz CT molecular complexity index is 3550. The maximum absolute atomic E-state index is 17.6. The molecular formula is C62H76ClF2N11O9S2. The molecule has 466 valence electrons. The van der Waals surface area contributed by atoms with Crippen molar-refractivity contribution in [2.75, 3.05) is 49.5 Å². The number of halogens is 3. The van der Waals surface area contributed by atoms with Crippen LogP contribution in [0.25, 0.3) is 42.7 Å². The van der Waals surface area contributed by atoms with Gasteiger partial charge in [0.2, 0.25) is 17.7 Å². The maximum Gasteiger partial charge on any atom is 0.413 e. The second-order valence-corrected chi connectivity index (χ2v) is 27.6. The molecule has 5 N–H and O–H groups in total.